The highest BCUT2D eigenvalue weighted by molar-refractivity contribution is 5.51. The van der Waals surface area contributed by atoms with Crippen LogP contribution in [0.15, 0.2) is 18.2 Å². The third-order valence-electron chi connectivity index (χ3n) is 2.71. The van der Waals surface area contributed by atoms with E-state index >= 15 is 0 Å². The number of aryl methyl sites for hydroxylation is 2. The molecule has 1 saturated heterocycles. The summed E-state index contributed by atoms with van der Waals surface area (Å²) >= 11 is 0. The van der Waals surface area contributed by atoms with Crippen LogP contribution in [0.2, 0.25) is 0 Å². The SMILES string of the molecule is Cc1ccc(N2CCC2)cc1C. The van der Waals surface area contributed by atoms with E-state index in [1.54, 1.807) is 0 Å². The van der Waals surface area contributed by atoms with Gasteiger partial charge in [0.15, 0.2) is 0 Å². The van der Waals surface area contributed by atoms with Gasteiger partial charge < -0.3 is 4.90 Å². The molecule has 0 spiro atoms. The zero-order chi connectivity index (χ0) is 8.55. The van der Waals surface area contributed by atoms with Gasteiger partial charge >= 0.3 is 0 Å². The van der Waals surface area contributed by atoms with Gasteiger partial charge in [-0.2, -0.15) is 0 Å². The van der Waals surface area contributed by atoms with Gasteiger partial charge in [-0.25, -0.2) is 0 Å². The molecule has 1 aromatic carbocycles. The highest BCUT2D eigenvalue weighted by Gasteiger charge is 2.13. The Hall–Kier alpha value is -0.980. The lowest BCUT2D eigenvalue weighted by atomic mass is 10.1. The maximum absolute atomic E-state index is 2.42. The smallest absolute Gasteiger partial charge is 0.0369 e. The fraction of sp³-hybridized carbons (Fsp3) is 0.455. The quantitative estimate of drug-likeness (QED) is 0.611. The highest BCUT2D eigenvalue weighted by Crippen LogP contribution is 2.22. The molecule has 0 bridgehead atoms. The summed E-state index contributed by atoms with van der Waals surface area (Å²) in [7, 11) is 0. The van der Waals surface area contributed by atoms with Crippen LogP contribution in [0.3, 0.4) is 0 Å². The van der Waals surface area contributed by atoms with E-state index in [9.17, 15) is 0 Å². The van der Waals surface area contributed by atoms with Gasteiger partial charge in [0.05, 0.1) is 0 Å². The van der Waals surface area contributed by atoms with E-state index in [2.05, 4.69) is 36.9 Å². The number of hydrogen-bond acceptors (Lipinski definition) is 1. The Kier molecular flexibility index (Phi) is 1.80. The average Bonchev–Trinajstić information content (AvgIpc) is 1.93. The van der Waals surface area contributed by atoms with Crippen molar-refractivity contribution in [3.63, 3.8) is 0 Å². The number of nitrogens with zero attached hydrogens (tertiary/aromatic N) is 1. The monoisotopic (exact) mass is 161 g/mol. The Morgan fingerprint density at radius 2 is 1.83 bits per heavy atom. The zero-order valence-corrected chi connectivity index (χ0v) is 7.80. The Bertz CT molecular complexity index is 287. The summed E-state index contributed by atoms with van der Waals surface area (Å²) in [5.41, 5.74) is 4.18. The van der Waals surface area contributed by atoms with Crippen molar-refractivity contribution in [2.24, 2.45) is 0 Å². The van der Waals surface area contributed by atoms with E-state index in [1.165, 1.54) is 36.3 Å². The minimum Gasteiger partial charge on any atom is -0.371 e. The molecule has 1 aliphatic heterocycles. The van der Waals surface area contributed by atoms with Crippen LogP contribution in [0.4, 0.5) is 5.69 Å². The Balaban J connectivity index is 2.27. The van der Waals surface area contributed by atoms with Crippen LogP contribution in [-0.4, -0.2) is 13.1 Å². The van der Waals surface area contributed by atoms with Crippen molar-refractivity contribution >= 4 is 5.69 Å². The lowest BCUT2D eigenvalue weighted by Gasteiger charge is -2.33. The van der Waals surface area contributed by atoms with E-state index in [-0.39, 0.29) is 0 Å². The van der Waals surface area contributed by atoms with Crippen molar-refractivity contribution in [3.05, 3.63) is 29.3 Å². The van der Waals surface area contributed by atoms with Crippen molar-refractivity contribution < 1.29 is 0 Å². The second-order valence-corrected chi connectivity index (χ2v) is 3.61. The van der Waals surface area contributed by atoms with Gasteiger partial charge in [-0.15, -0.1) is 0 Å². The molecular weight excluding hydrogens is 146 g/mol. The van der Waals surface area contributed by atoms with Crippen molar-refractivity contribution in [3.8, 4) is 0 Å². The van der Waals surface area contributed by atoms with Gasteiger partial charge in [-0.1, -0.05) is 6.07 Å². The van der Waals surface area contributed by atoms with Gasteiger partial charge in [-0.05, 0) is 43.5 Å². The number of hydrogen-bond donors (Lipinski definition) is 0. The molecule has 0 unspecified atom stereocenters. The molecule has 64 valence electrons. The third kappa shape index (κ3) is 1.20. The fourth-order valence-electron chi connectivity index (χ4n) is 1.50. The van der Waals surface area contributed by atoms with E-state index in [1.807, 2.05) is 0 Å². The van der Waals surface area contributed by atoms with E-state index in [0.29, 0.717) is 0 Å². The minimum atomic E-state index is 1.24. The maximum atomic E-state index is 2.42. The van der Waals surface area contributed by atoms with Gasteiger partial charge in [0, 0.05) is 18.8 Å². The molecule has 1 heterocycles. The van der Waals surface area contributed by atoms with Crippen LogP contribution in [0.1, 0.15) is 17.5 Å². The van der Waals surface area contributed by atoms with Crippen molar-refractivity contribution in [1.82, 2.24) is 0 Å². The Labute approximate surface area is 74.0 Å². The largest absolute Gasteiger partial charge is 0.371 e. The zero-order valence-electron chi connectivity index (χ0n) is 7.80. The molecule has 1 heteroatoms. The summed E-state index contributed by atoms with van der Waals surface area (Å²) in [6.45, 7) is 6.82. The summed E-state index contributed by atoms with van der Waals surface area (Å²) in [5.74, 6) is 0. The van der Waals surface area contributed by atoms with Crippen LogP contribution >= 0.6 is 0 Å². The van der Waals surface area contributed by atoms with Crippen molar-refractivity contribution in [1.29, 1.82) is 0 Å². The predicted octanol–water partition coefficient (Wildman–Crippen LogP) is 2.51. The number of benzene rings is 1. The molecule has 1 aliphatic rings. The molecule has 0 aromatic heterocycles. The molecule has 0 saturated carbocycles. The normalized spacial score (nSPS) is 16.0. The van der Waals surface area contributed by atoms with Crippen LogP contribution in [-0.2, 0) is 0 Å². The number of rotatable bonds is 1. The summed E-state index contributed by atoms with van der Waals surface area (Å²) in [5, 5.41) is 0. The van der Waals surface area contributed by atoms with E-state index in [4.69, 9.17) is 0 Å². The standard InChI is InChI=1S/C11H15N/c1-9-4-5-11(8-10(9)2)12-6-3-7-12/h4-5,8H,3,6-7H2,1-2H3. The van der Waals surface area contributed by atoms with Gasteiger partial charge in [0.25, 0.3) is 0 Å². The third-order valence-corrected chi connectivity index (χ3v) is 2.71. The van der Waals surface area contributed by atoms with Crippen molar-refractivity contribution in [2.75, 3.05) is 18.0 Å². The first-order valence-electron chi connectivity index (χ1n) is 4.59. The summed E-state index contributed by atoms with van der Waals surface area (Å²) < 4.78 is 0. The van der Waals surface area contributed by atoms with Crippen LogP contribution < -0.4 is 4.90 Å². The second kappa shape index (κ2) is 2.81. The Morgan fingerprint density at radius 1 is 1.08 bits per heavy atom. The first-order chi connectivity index (χ1) is 5.77. The molecule has 1 aromatic rings. The molecule has 2 rings (SSSR count). The van der Waals surface area contributed by atoms with Gasteiger partial charge in [0.1, 0.15) is 0 Å². The predicted molar refractivity (Wildman–Crippen MR) is 52.7 cm³/mol. The van der Waals surface area contributed by atoms with Gasteiger partial charge in [-0.3, -0.25) is 0 Å². The topological polar surface area (TPSA) is 3.24 Å². The first kappa shape index (κ1) is 7.66. The minimum absolute atomic E-state index is 1.24. The van der Waals surface area contributed by atoms with Crippen LogP contribution in [0, 0.1) is 13.8 Å². The highest BCUT2D eigenvalue weighted by atomic mass is 15.2. The second-order valence-electron chi connectivity index (χ2n) is 3.61. The maximum Gasteiger partial charge on any atom is 0.0369 e. The lowest BCUT2D eigenvalue weighted by molar-refractivity contribution is 0.617. The first-order valence-corrected chi connectivity index (χ1v) is 4.59. The molecule has 0 atom stereocenters. The van der Waals surface area contributed by atoms with E-state index < -0.39 is 0 Å². The fourth-order valence-corrected chi connectivity index (χ4v) is 1.50. The Morgan fingerprint density at radius 3 is 2.33 bits per heavy atom. The average molecular weight is 161 g/mol. The molecule has 0 radical (unpaired) electrons. The van der Waals surface area contributed by atoms with Crippen molar-refractivity contribution in [2.45, 2.75) is 20.3 Å². The summed E-state index contributed by atoms with van der Waals surface area (Å²) in [4.78, 5) is 2.42. The van der Waals surface area contributed by atoms with Crippen LogP contribution in [0.25, 0.3) is 0 Å². The molecule has 1 nitrogen and oxygen atoms in total. The van der Waals surface area contributed by atoms with E-state index in [0.717, 1.165) is 0 Å². The number of anilines is 1. The molecule has 0 amide bonds. The molecule has 1 fully saturated rings. The molecule has 0 N–H and O–H groups in total. The van der Waals surface area contributed by atoms with Gasteiger partial charge in [0.2, 0.25) is 0 Å². The molecular formula is C11H15N. The van der Waals surface area contributed by atoms with Crippen LogP contribution in [0.5, 0.6) is 0 Å². The molecule has 0 aliphatic carbocycles. The molecule has 12 heavy (non-hydrogen) atoms. The lowest BCUT2D eigenvalue weighted by Crippen LogP contribution is -2.36. The summed E-state index contributed by atoms with van der Waals surface area (Å²) in [6, 6.07) is 6.72. The summed E-state index contributed by atoms with van der Waals surface area (Å²) in [6.07, 6.45) is 1.35.